The van der Waals surface area contributed by atoms with Crippen molar-refractivity contribution in [3.05, 3.63) is 51.3 Å². The van der Waals surface area contributed by atoms with Crippen molar-refractivity contribution in [2.45, 2.75) is 40.2 Å². The first-order valence-electron chi connectivity index (χ1n) is 10.6. The zero-order valence-electron chi connectivity index (χ0n) is 18.6. The number of hydrogen-bond acceptors (Lipinski definition) is 6. The maximum absolute atomic E-state index is 12.5. The first-order chi connectivity index (χ1) is 15.4. The molecule has 32 heavy (non-hydrogen) atoms. The predicted molar refractivity (Wildman–Crippen MR) is 133 cm³/mol. The number of rotatable bonds is 10. The van der Waals surface area contributed by atoms with Crippen molar-refractivity contribution in [1.29, 1.82) is 0 Å². The number of hydrogen-bond donors (Lipinski definition) is 1. The highest BCUT2D eigenvalue weighted by molar-refractivity contribution is 14.1. The highest BCUT2D eigenvalue weighted by atomic mass is 127. The SMILES string of the molecule is CCOc1ccc2oc(C(=O)N/N=C/c3cc(I)c(O[C@H](C)CC)c(OCC)c3)cc2c1. The Bertz CT molecular complexity index is 1110. The summed E-state index contributed by atoms with van der Waals surface area (Å²) in [7, 11) is 0. The fraction of sp³-hybridized carbons (Fsp3) is 0.333. The lowest BCUT2D eigenvalue weighted by molar-refractivity contribution is 0.0929. The molecule has 0 fully saturated rings. The quantitative estimate of drug-likeness (QED) is 0.197. The van der Waals surface area contributed by atoms with Gasteiger partial charge in [-0.3, -0.25) is 4.79 Å². The van der Waals surface area contributed by atoms with Crippen LogP contribution in [0, 0.1) is 3.57 Å². The van der Waals surface area contributed by atoms with Crippen LogP contribution in [0.1, 0.15) is 50.2 Å². The van der Waals surface area contributed by atoms with Crippen LogP contribution >= 0.6 is 22.6 Å². The van der Waals surface area contributed by atoms with E-state index in [9.17, 15) is 4.79 Å². The number of furan rings is 1. The Hall–Kier alpha value is -2.75. The third kappa shape index (κ3) is 5.93. The molecular formula is C24H27IN2O5. The van der Waals surface area contributed by atoms with Crippen LogP contribution < -0.4 is 19.6 Å². The van der Waals surface area contributed by atoms with Gasteiger partial charge in [0.1, 0.15) is 11.3 Å². The Balaban J connectivity index is 1.73. The van der Waals surface area contributed by atoms with Crippen molar-refractivity contribution in [3.8, 4) is 17.2 Å². The standard InChI is InChI=1S/C24H27IN2O5/c1-5-15(4)31-23-19(25)10-16(11-21(23)30-7-3)14-26-27-24(28)22-13-17-12-18(29-6-2)8-9-20(17)32-22/h8-15H,5-7H2,1-4H3,(H,27,28)/b26-14+/t15-/m1/s1. The van der Waals surface area contributed by atoms with E-state index in [-0.39, 0.29) is 11.9 Å². The molecule has 0 saturated heterocycles. The maximum atomic E-state index is 12.5. The van der Waals surface area contributed by atoms with Gasteiger partial charge in [0, 0.05) is 5.39 Å². The van der Waals surface area contributed by atoms with E-state index in [1.165, 1.54) is 0 Å². The summed E-state index contributed by atoms with van der Waals surface area (Å²) in [6.45, 7) is 9.02. The van der Waals surface area contributed by atoms with E-state index in [1.807, 2.05) is 39.0 Å². The monoisotopic (exact) mass is 550 g/mol. The molecule has 1 atom stereocenters. The van der Waals surface area contributed by atoms with Gasteiger partial charge in [-0.05, 0) is 91.7 Å². The molecule has 0 aliphatic carbocycles. The molecule has 3 rings (SSSR count). The summed E-state index contributed by atoms with van der Waals surface area (Å²) in [5.74, 6) is 1.83. The van der Waals surface area contributed by atoms with Crippen LogP contribution in [-0.4, -0.2) is 31.4 Å². The van der Waals surface area contributed by atoms with Crippen LogP contribution in [0.4, 0.5) is 0 Å². The van der Waals surface area contributed by atoms with E-state index in [4.69, 9.17) is 18.6 Å². The average Bonchev–Trinajstić information content (AvgIpc) is 3.20. The highest BCUT2D eigenvalue weighted by Gasteiger charge is 2.15. The molecule has 0 saturated carbocycles. The van der Waals surface area contributed by atoms with Gasteiger partial charge in [0.25, 0.3) is 0 Å². The fourth-order valence-corrected chi connectivity index (χ4v) is 3.69. The number of hydrazone groups is 1. The molecule has 0 unspecified atom stereocenters. The second kappa shape index (κ2) is 11.2. The Morgan fingerprint density at radius 2 is 1.94 bits per heavy atom. The summed E-state index contributed by atoms with van der Waals surface area (Å²) in [5, 5.41) is 4.86. The van der Waals surface area contributed by atoms with Gasteiger partial charge in [-0.1, -0.05) is 6.92 Å². The molecule has 1 heterocycles. The van der Waals surface area contributed by atoms with Crippen LogP contribution in [-0.2, 0) is 0 Å². The Kier molecular flexibility index (Phi) is 8.38. The predicted octanol–water partition coefficient (Wildman–Crippen LogP) is 5.78. The van der Waals surface area contributed by atoms with Gasteiger partial charge in [-0.25, -0.2) is 5.43 Å². The molecule has 1 aromatic heterocycles. The largest absolute Gasteiger partial charge is 0.494 e. The van der Waals surface area contributed by atoms with E-state index in [0.717, 1.165) is 32.4 Å². The van der Waals surface area contributed by atoms with Crippen molar-refractivity contribution in [1.82, 2.24) is 5.43 Å². The summed E-state index contributed by atoms with van der Waals surface area (Å²) in [4.78, 5) is 12.5. The van der Waals surface area contributed by atoms with Crippen molar-refractivity contribution in [2.75, 3.05) is 13.2 Å². The Morgan fingerprint density at radius 3 is 2.66 bits per heavy atom. The first-order valence-corrected chi connectivity index (χ1v) is 11.7. The minimum Gasteiger partial charge on any atom is -0.494 e. The molecule has 1 N–H and O–H groups in total. The van der Waals surface area contributed by atoms with Crippen LogP contribution in [0.2, 0.25) is 0 Å². The number of nitrogens with one attached hydrogen (secondary N) is 1. The van der Waals surface area contributed by atoms with Gasteiger partial charge in [-0.2, -0.15) is 5.10 Å². The molecule has 1 amide bonds. The molecule has 7 nitrogen and oxygen atoms in total. The molecule has 3 aromatic rings. The van der Waals surface area contributed by atoms with Gasteiger partial charge in [0.2, 0.25) is 0 Å². The summed E-state index contributed by atoms with van der Waals surface area (Å²) < 4.78 is 23.8. The lowest BCUT2D eigenvalue weighted by Crippen LogP contribution is -2.16. The van der Waals surface area contributed by atoms with E-state index in [2.05, 4.69) is 40.0 Å². The number of halogens is 1. The van der Waals surface area contributed by atoms with E-state index < -0.39 is 5.91 Å². The number of fused-ring (bicyclic) bond motifs is 1. The van der Waals surface area contributed by atoms with E-state index in [1.54, 1.807) is 24.4 Å². The smallest absolute Gasteiger partial charge is 0.307 e. The third-order valence-corrected chi connectivity index (χ3v) is 5.43. The van der Waals surface area contributed by atoms with Crippen molar-refractivity contribution < 1.29 is 23.4 Å². The van der Waals surface area contributed by atoms with Gasteiger partial charge >= 0.3 is 5.91 Å². The van der Waals surface area contributed by atoms with Gasteiger partial charge in [0.15, 0.2) is 17.3 Å². The minimum absolute atomic E-state index is 0.0787. The molecule has 0 aliphatic rings. The van der Waals surface area contributed by atoms with Crippen molar-refractivity contribution in [3.63, 3.8) is 0 Å². The number of benzene rings is 2. The summed E-state index contributed by atoms with van der Waals surface area (Å²) >= 11 is 2.21. The molecular weight excluding hydrogens is 523 g/mol. The summed E-state index contributed by atoms with van der Waals surface area (Å²) in [6, 6.07) is 10.9. The van der Waals surface area contributed by atoms with Crippen molar-refractivity contribution in [2.24, 2.45) is 5.10 Å². The highest BCUT2D eigenvalue weighted by Crippen LogP contribution is 2.35. The average molecular weight is 550 g/mol. The van der Waals surface area contributed by atoms with E-state index in [0.29, 0.717) is 24.5 Å². The van der Waals surface area contributed by atoms with E-state index >= 15 is 0 Å². The molecule has 0 spiro atoms. The number of nitrogens with zero attached hydrogens (tertiary/aromatic N) is 1. The first kappa shape index (κ1) is 23.9. The molecule has 0 aliphatic heterocycles. The van der Waals surface area contributed by atoms with Gasteiger partial charge in [-0.15, -0.1) is 0 Å². The number of amides is 1. The Morgan fingerprint density at radius 1 is 1.16 bits per heavy atom. The fourth-order valence-electron chi connectivity index (χ4n) is 2.93. The third-order valence-electron chi connectivity index (χ3n) is 4.63. The Labute approximate surface area is 201 Å². The lowest BCUT2D eigenvalue weighted by atomic mass is 10.2. The lowest BCUT2D eigenvalue weighted by Gasteiger charge is -2.18. The zero-order chi connectivity index (χ0) is 23.1. The normalized spacial score (nSPS) is 12.2. The topological polar surface area (TPSA) is 82.3 Å². The summed E-state index contributed by atoms with van der Waals surface area (Å²) in [6.07, 6.45) is 2.53. The number of carbonyl (C=O) groups is 1. The second-order valence-electron chi connectivity index (χ2n) is 7.04. The molecule has 2 aromatic carbocycles. The zero-order valence-corrected chi connectivity index (χ0v) is 20.8. The molecule has 170 valence electrons. The van der Waals surface area contributed by atoms with Gasteiger partial charge < -0.3 is 18.6 Å². The van der Waals surface area contributed by atoms with Crippen LogP contribution in [0.25, 0.3) is 11.0 Å². The van der Waals surface area contributed by atoms with Gasteiger partial charge in [0.05, 0.1) is 29.1 Å². The van der Waals surface area contributed by atoms with Crippen LogP contribution in [0.3, 0.4) is 0 Å². The summed E-state index contributed by atoms with van der Waals surface area (Å²) in [5.41, 5.74) is 3.89. The van der Waals surface area contributed by atoms with Crippen LogP contribution in [0.15, 0.2) is 45.9 Å². The molecule has 0 radical (unpaired) electrons. The number of carbonyl (C=O) groups excluding carboxylic acids is 1. The maximum Gasteiger partial charge on any atom is 0.307 e. The number of ether oxygens (including phenoxy) is 3. The van der Waals surface area contributed by atoms with Crippen molar-refractivity contribution >= 4 is 45.7 Å². The second-order valence-corrected chi connectivity index (χ2v) is 8.20. The molecule has 0 bridgehead atoms. The minimum atomic E-state index is -0.438. The van der Waals surface area contributed by atoms with Crippen LogP contribution in [0.5, 0.6) is 17.2 Å². The molecule has 8 heteroatoms.